The fourth-order valence-electron chi connectivity index (χ4n) is 3.71. The van der Waals surface area contributed by atoms with Crippen molar-refractivity contribution in [1.29, 1.82) is 10.5 Å². The van der Waals surface area contributed by atoms with Gasteiger partial charge in [0.2, 0.25) is 0 Å². The van der Waals surface area contributed by atoms with Gasteiger partial charge in [-0.1, -0.05) is 75.2 Å². The molecule has 3 aromatic rings. The summed E-state index contributed by atoms with van der Waals surface area (Å²) in [5, 5.41) is 19.5. The minimum Gasteiger partial charge on any atom is -0.494 e. The molecule has 0 fully saturated rings. The molecule has 3 nitrogen and oxygen atoms in total. The summed E-state index contributed by atoms with van der Waals surface area (Å²) < 4.78 is 5.65. The number of nitriles is 2. The molecule has 0 unspecified atom stereocenters. The van der Waals surface area contributed by atoms with Crippen LogP contribution in [0, 0.1) is 22.7 Å². The number of unbranched alkanes of at least 4 members (excludes halogenated alkanes) is 2. The van der Waals surface area contributed by atoms with E-state index >= 15 is 0 Å². The Morgan fingerprint density at radius 1 is 0.677 bits per heavy atom. The monoisotopic (exact) mass is 408 g/mol. The number of hydrogen-bond acceptors (Lipinski definition) is 3. The number of nitrogens with zero attached hydrogens (tertiary/aromatic N) is 2. The van der Waals surface area contributed by atoms with E-state index in [1.807, 2.05) is 36.4 Å². The van der Waals surface area contributed by atoms with Crippen molar-refractivity contribution in [3.63, 3.8) is 0 Å². The average Bonchev–Trinajstić information content (AvgIpc) is 2.83. The molecule has 3 aromatic carbocycles. The molecular weight excluding hydrogens is 380 g/mol. The van der Waals surface area contributed by atoms with Crippen LogP contribution in [0.4, 0.5) is 0 Å². The fraction of sp³-hybridized carbons (Fsp3) is 0.286. The average molecular weight is 409 g/mol. The molecule has 0 saturated heterocycles. The molecule has 0 spiro atoms. The van der Waals surface area contributed by atoms with E-state index in [9.17, 15) is 10.5 Å². The molecule has 0 aromatic heterocycles. The summed E-state index contributed by atoms with van der Waals surface area (Å²) in [6.07, 6.45) is 5.11. The van der Waals surface area contributed by atoms with E-state index < -0.39 is 0 Å². The number of hydrogen-bond donors (Lipinski definition) is 0. The van der Waals surface area contributed by atoms with Gasteiger partial charge in [0.1, 0.15) is 17.9 Å². The molecule has 0 radical (unpaired) electrons. The Balaban J connectivity index is 1.86. The van der Waals surface area contributed by atoms with Gasteiger partial charge in [0, 0.05) is 5.56 Å². The molecular formula is C28H28N2O. The maximum Gasteiger partial charge on any atom is 0.119 e. The van der Waals surface area contributed by atoms with Crippen LogP contribution in [0.1, 0.15) is 56.2 Å². The van der Waals surface area contributed by atoms with Crippen LogP contribution in [0.25, 0.3) is 22.3 Å². The number of rotatable bonds is 9. The van der Waals surface area contributed by atoms with Gasteiger partial charge in [-0.3, -0.25) is 0 Å². The maximum atomic E-state index is 9.79. The van der Waals surface area contributed by atoms with Gasteiger partial charge in [-0.05, 0) is 53.6 Å². The van der Waals surface area contributed by atoms with Crippen LogP contribution in [0.5, 0.6) is 5.75 Å². The Hall–Kier alpha value is -3.56. The van der Waals surface area contributed by atoms with Crippen molar-refractivity contribution in [3.05, 3.63) is 77.4 Å². The first kappa shape index (κ1) is 22.1. The van der Waals surface area contributed by atoms with E-state index in [1.165, 1.54) is 0 Å². The van der Waals surface area contributed by atoms with E-state index in [0.29, 0.717) is 11.1 Å². The second-order valence-electron chi connectivity index (χ2n) is 7.65. The van der Waals surface area contributed by atoms with Crippen molar-refractivity contribution < 1.29 is 4.74 Å². The van der Waals surface area contributed by atoms with Gasteiger partial charge >= 0.3 is 0 Å². The third-order valence-electron chi connectivity index (χ3n) is 5.42. The van der Waals surface area contributed by atoms with Gasteiger partial charge in [0.05, 0.1) is 17.7 Å². The topological polar surface area (TPSA) is 56.8 Å². The first-order valence-corrected chi connectivity index (χ1v) is 11.0. The molecule has 0 bridgehead atoms. The third kappa shape index (κ3) is 5.33. The number of ether oxygens (including phenoxy) is 1. The second kappa shape index (κ2) is 11.0. The Morgan fingerprint density at radius 2 is 1.29 bits per heavy atom. The summed E-state index contributed by atoms with van der Waals surface area (Å²) >= 11 is 0. The molecule has 0 amide bonds. The van der Waals surface area contributed by atoms with E-state index in [2.05, 4.69) is 50.3 Å². The zero-order chi connectivity index (χ0) is 22.1. The van der Waals surface area contributed by atoms with E-state index in [0.717, 1.165) is 72.3 Å². The Kier molecular flexibility index (Phi) is 7.85. The molecule has 0 atom stereocenters. The van der Waals surface area contributed by atoms with Crippen LogP contribution in [0.2, 0.25) is 0 Å². The lowest BCUT2D eigenvalue weighted by Gasteiger charge is -2.11. The quantitative estimate of drug-likeness (QED) is 0.349. The summed E-state index contributed by atoms with van der Waals surface area (Å²) in [4.78, 5) is 0. The largest absolute Gasteiger partial charge is 0.494 e. The van der Waals surface area contributed by atoms with Crippen molar-refractivity contribution in [1.82, 2.24) is 0 Å². The van der Waals surface area contributed by atoms with Crippen LogP contribution < -0.4 is 4.74 Å². The summed E-state index contributed by atoms with van der Waals surface area (Å²) in [7, 11) is 0. The lowest BCUT2D eigenvalue weighted by molar-refractivity contribution is 0.317. The summed E-state index contributed by atoms with van der Waals surface area (Å²) in [6, 6.07) is 24.8. The standard InChI is InChI=1S/C28H28N2O/c1-3-5-6-7-23-14-17-26(28(20-30)27(23)19-29)24-10-8-21(9-11-24)22-12-15-25(16-13-22)31-18-4-2/h8-17H,3-7,18H2,1-2H3. The molecule has 31 heavy (non-hydrogen) atoms. The van der Waals surface area contributed by atoms with Crippen LogP contribution in [-0.2, 0) is 6.42 Å². The first-order valence-electron chi connectivity index (χ1n) is 11.0. The minimum atomic E-state index is 0.474. The van der Waals surface area contributed by atoms with Crippen molar-refractivity contribution in [2.45, 2.75) is 46.0 Å². The van der Waals surface area contributed by atoms with Gasteiger partial charge in [-0.15, -0.1) is 0 Å². The molecule has 3 rings (SSSR count). The zero-order valence-electron chi connectivity index (χ0n) is 18.3. The highest BCUT2D eigenvalue weighted by Gasteiger charge is 2.14. The highest BCUT2D eigenvalue weighted by Crippen LogP contribution is 2.31. The van der Waals surface area contributed by atoms with Crippen LogP contribution in [0.3, 0.4) is 0 Å². The summed E-state index contributed by atoms with van der Waals surface area (Å²) in [5.74, 6) is 0.879. The zero-order valence-corrected chi connectivity index (χ0v) is 18.3. The number of benzene rings is 3. The minimum absolute atomic E-state index is 0.474. The molecule has 0 saturated carbocycles. The SMILES string of the molecule is CCCCCc1ccc(-c2ccc(-c3ccc(OCCC)cc3)cc2)c(C#N)c1C#N. The van der Waals surface area contributed by atoms with E-state index in [-0.39, 0.29) is 0 Å². The van der Waals surface area contributed by atoms with Crippen LogP contribution in [0.15, 0.2) is 60.7 Å². The van der Waals surface area contributed by atoms with Gasteiger partial charge < -0.3 is 4.74 Å². The van der Waals surface area contributed by atoms with E-state index in [4.69, 9.17) is 4.74 Å². The summed E-state index contributed by atoms with van der Waals surface area (Å²) in [5.41, 5.74) is 5.93. The lowest BCUT2D eigenvalue weighted by atomic mass is 9.90. The van der Waals surface area contributed by atoms with E-state index in [1.54, 1.807) is 0 Å². The lowest BCUT2D eigenvalue weighted by Crippen LogP contribution is -1.97. The van der Waals surface area contributed by atoms with Crippen molar-refractivity contribution in [3.8, 4) is 40.1 Å². The van der Waals surface area contributed by atoms with Gasteiger partial charge in [-0.25, -0.2) is 0 Å². The molecule has 0 heterocycles. The Bertz CT molecular complexity index is 1080. The smallest absolute Gasteiger partial charge is 0.119 e. The van der Waals surface area contributed by atoms with Crippen LogP contribution in [-0.4, -0.2) is 6.61 Å². The molecule has 0 aliphatic rings. The predicted molar refractivity (Wildman–Crippen MR) is 126 cm³/mol. The second-order valence-corrected chi connectivity index (χ2v) is 7.65. The molecule has 0 aliphatic carbocycles. The molecule has 156 valence electrons. The Morgan fingerprint density at radius 3 is 1.87 bits per heavy atom. The molecule has 0 N–H and O–H groups in total. The maximum absolute atomic E-state index is 9.79. The van der Waals surface area contributed by atoms with Gasteiger partial charge in [0.15, 0.2) is 0 Å². The third-order valence-corrected chi connectivity index (χ3v) is 5.42. The Labute approximate surface area is 185 Å². The predicted octanol–water partition coefficient (Wildman–Crippen LogP) is 7.29. The molecule has 0 aliphatic heterocycles. The van der Waals surface area contributed by atoms with Crippen molar-refractivity contribution >= 4 is 0 Å². The molecule has 3 heteroatoms. The normalized spacial score (nSPS) is 10.3. The van der Waals surface area contributed by atoms with Crippen LogP contribution >= 0.6 is 0 Å². The van der Waals surface area contributed by atoms with Crippen molar-refractivity contribution in [2.24, 2.45) is 0 Å². The highest BCUT2D eigenvalue weighted by molar-refractivity contribution is 5.77. The van der Waals surface area contributed by atoms with Gasteiger partial charge in [-0.2, -0.15) is 10.5 Å². The number of aryl methyl sites for hydroxylation is 1. The van der Waals surface area contributed by atoms with Crippen molar-refractivity contribution in [2.75, 3.05) is 6.61 Å². The fourth-order valence-corrected chi connectivity index (χ4v) is 3.71. The highest BCUT2D eigenvalue weighted by atomic mass is 16.5. The van der Waals surface area contributed by atoms with Gasteiger partial charge in [0.25, 0.3) is 0 Å². The summed E-state index contributed by atoms with van der Waals surface area (Å²) in [6.45, 7) is 4.97. The first-order chi connectivity index (χ1) is 15.2.